The molecule has 1 aliphatic heterocycles. The molecule has 2 heterocycles. The number of hydrogen-bond acceptors (Lipinski definition) is 4. The molecule has 4 amide bonds. The largest absolute Gasteiger partial charge is 0.344 e. The Hall–Kier alpha value is -3.22. The van der Waals surface area contributed by atoms with E-state index in [2.05, 4.69) is 0 Å². The van der Waals surface area contributed by atoms with Gasteiger partial charge in [0.2, 0.25) is 0 Å². The van der Waals surface area contributed by atoms with Crippen molar-refractivity contribution in [3.05, 3.63) is 58.9 Å². The fourth-order valence-corrected chi connectivity index (χ4v) is 3.07. The molecule has 3 rings (SSSR count). The summed E-state index contributed by atoms with van der Waals surface area (Å²) in [5, 5.41) is 0. The summed E-state index contributed by atoms with van der Waals surface area (Å²) in [5.74, 6) is -2.26. The minimum atomic E-state index is -0.969. The minimum Gasteiger partial charge on any atom is -0.344 e. The number of hydrogen-bond donors (Lipinski definition) is 0. The van der Waals surface area contributed by atoms with Gasteiger partial charge in [0.15, 0.2) is 5.78 Å². The highest BCUT2D eigenvalue weighted by atomic mass is 16.2. The third-order valence-electron chi connectivity index (χ3n) is 4.61. The molecular weight excluding hydrogens is 334 g/mol. The first-order valence-electron chi connectivity index (χ1n) is 8.18. The molecular formula is C19H19N3O4. The van der Waals surface area contributed by atoms with Gasteiger partial charge in [-0.2, -0.15) is 0 Å². The molecule has 1 aliphatic rings. The number of likely N-dealkylation sites (N-methyl/N-ethyl adjacent to an activating group) is 1. The van der Waals surface area contributed by atoms with Crippen LogP contribution >= 0.6 is 0 Å². The van der Waals surface area contributed by atoms with Crippen LogP contribution in [0.25, 0.3) is 0 Å². The summed E-state index contributed by atoms with van der Waals surface area (Å²) in [4.78, 5) is 49.4. The van der Waals surface area contributed by atoms with Gasteiger partial charge in [-0.25, -0.2) is 9.69 Å². The number of urea groups is 1. The van der Waals surface area contributed by atoms with Crippen molar-refractivity contribution < 1.29 is 19.2 Å². The number of benzene rings is 1. The van der Waals surface area contributed by atoms with Gasteiger partial charge < -0.3 is 4.57 Å². The Morgan fingerprint density at radius 1 is 1.00 bits per heavy atom. The van der Waals surface area contributed by atoms with Gasteiger partial charge in [0.05, 0.1) is 6.54 Å². The van der Waals surface area contributed by atoms with Crippen molar-refractivity contribution in [3.63, 3.8) is 0 Å². The van der Waals surface area contributed by atoms with Crippen molar-refractivity contribution in [2.75, 3.05) is 13.6 Å². The molecule has 7 nitrogen and oxygen atoms in total. The Bertz CT molecular complexity index is 914. The molecule has 1 aromatic heterocycles. The second-order valence-corrected chi connectivity index (χ2v) is 6.32. The Morgan fingerprint density at radius 3 is 2.23 bits per heavy atom. The maximum atomic E-state index is 12.7. The molecule has 134 valence electrons. The van der Waals surface area contributed by atoms with Crippen molar-refractivity contribution in [1.29, 1.82) is 0 Å². The van der Waals surface area contributed by atoms with Crippen LogP contribution in [-0.4, -0.2) is 51.6 Å². The lowest BCUT2D eigenvalue weighted by Crippen LogP contribution is -2.36. The molecule has 1 aromatic carbocycles. The summed E-state index contributed by atoms with van der Waals surface area (Å²) >= 11 is 0. The highest BCUT2D eigenvalue weighted by Crippen LogP contribution is 2.19. The Kier molecular flexibility index (Phi) is 4.46. The predicted octanol–water partition coefficient (Wildman–Crippen LogP) is 1.76. The van der Waals surface area contributed by atoms with E-state index in [0.717, 1.165) is 17.0 Å². The van der Waals surface area contributed by atoms with Crippen LogP contribution in [0.15, 0.2) is 36.4 Å². The van der Waals surface area contributed by atoms with E-state index in [9.17, 15) is 19.2 Å². The fourth-order valence-electron chi connectivity index (χ4n) is 3.07. The molecule has 26 heavy (non-hydrogen) atoms. The zero-order chi connectivity index (χ0) is 19.0. The van der Waals surface area contributed by atoms with Crippen LogP contribution in [0.5, 0.6) is 0 Å². The first-order valence-corrected chi connectivity index (χ1v) is 8.18. The van der Waals surface area contributed by atoms with E-state index >= 15 is 0 Å². The topological polar surface area (TPSA) is 79.7 Å². The van der Waals surface area contributed by atoms with Crippen molar-refractivity contribution in [1.82, 2.24) is 14.4 Å². The number of nitrogens with zero attached hydrogens (tertiary/aromatic N) is 3. The molecule has 0 spiro atoms. The summed E-state index contributed by atoms with van der Waals surface area (Å²) in [6, 6.07) is 10.8. The molecule has 0 atom stereocenters. The summed E-state index contributed by atoms with van der Waals surface area (Å²) < 4.78 is 2.01. The second kappa shape index (κ2) is 6.59. The number of carbonyl (C=O) groups is 4. The highest BCUT2D eigenvalue weighted by Gasteiger charge is 2.43. The van der Waals surface area contributed by atoms with Crippen molar-refractivity contribution >= 4 is 23.6 Å². The van der Waals surface area contributed by atoms with Gasteiger partial charge in [0.25, 0.3) is 0 Å². The van der Waals surface area contributed by atoms with Crippen LogP contribution in [0, 0.1) is 13.8 Å². The Labute approximate surface area is 150 Å². The van der Waals surface area contributed by atoms with Crippen LogP contribution < -0.4 is 0 Å². The zero-order valence-corrected chi connectivity index (χ0v) is 14.9. The first-order chi connectivity index (χ1) is 12.3. The molecule has 2 aromatic rings. The minimum absolute atomic E-state index is 0.373. The summed E-state index contributed by atoms with van der Waals surface area (Å²) in [6.45, 7) is 3.90. The molecule has 1 fully saturated rings. The smallest absolute Gasteiger partial charge is 0.334 e. The zero-order valence-electron chi connectivity index (χ0n) is 14.9. The molecule has 0 aliphatic carbocycles. The van der Waals surface area contributed by atoms with E-state index in [4.69, 9.17) is 0 Å². The Balaban J connectivity index is 1.83. The number of rotatable bonds is 5. The third-order valence-corrected chi connectivity index (χ3v) is 4.61. The van der Waals surface area contributed by atoms with Crippen molar-refractivity contribution in [2.24, 2.45) is 0 Å². The SMILES string of the molecule is Cc1cc(C(=O)CN2C(=O)C(=O)N(C)C2=O)c(C)n1Cc1ccccc1. The van der Waals surface area contributed by atoms with Gasteiger partial charge in [0.1, 0.15) is 0 Å². The quantitative estimate of drug-likeness (QED) is 0.466. The lowest BCUT2D eigenvalue weighted by atomic mass is 10.1. The van der Waals surface area contributed by atoms with E-state index in [0.29, 0.717) is 21.9 Å². The van der Waals surface area contributed by atoms with Crippen LogP contribution in [0.1, 0.15) is 27.3 Å². The average molecular weight is 353 g/mol. The van der Waals surface area contributed by atoms with Gasteiger partial charge in [-0.05, 0) is 25.5 Å². The van der Waals surface area contributed by atoms with E-state index in [1.165, 1.54) is 7.05 Å². The maximum absolute atomic E-state index is 12.7. The lowest BCUT2D eigenvalue weighted by Gasteiger charge is -2.12. The number of amides is 4. The van der Waals surface area contributed by atoms with E-state index in [-0.39, 0.29) is 5.78 Å². The summed E-state index contributed by atoms with van der Waals surface area (Å²) in [6.07, 6.45) is 0. The third kappa shape index (κ3) is 2.92. The van der Waals surface area contributed by atoms with E-state index < -0.39 is 24.4 Å². The number of aryl methyl sites for hydroxylation is 1. The molecule has 0 radical (unpaired) electrons. The molecule has 0 N–H and O–H groups in total. The average Bonchev–Trinajstić information content (AvgIpc) is 3.01. The fraction of sp³-hybridized carbons (Fsp3) is 0.263. The molecule has 0 saturated carbocycles. The second-order valence-electron chi connectivity index (χ2n) is 6.32. The van der Waals surface area contributed by atoms with Gasteiger partial charge >= 0.3 is 17.8 Å². The number of Topliss-reactive ketones (excluding diaryl/α,β-unsaturated/α-hetero) is 1. The molecule has 7 heteroatoms. The summed E-state index contributed by atoms with van der Waals surface area (Å²) in [7, 11) is 1.22. The number of aromatic nitrogens is 1. The highest BCUT2D eigenvalue weighted by molar-refractivity contribution is 6.45. The van der Waals surface area contributed by atoms with Gasteiger partial charge in [-0.3, -0.25) is 19.3 Å². The Morgan fingerprint density at radius 2 is 1.65 bits per heavy atom. The van der Waals surface area contributed by atoms with Gasteiger partial charge in [0, 0.05) is 30.5 Å². The van der Waals surface area contributed by atoms with Gasteiger partial charge in [-0.1, -0.05) is 30.3 Å². The molecule has 0 bridgehead atoms. The number of imide groups is 2. The van der Waals surface area contributed by atoms with Crippen LogP contribution in [0.4, 0.5) is 4.79 Å². The van der Waals surface area contributed by atoms with Crippen LogP contribution in [0.2, 0.25) is 0 Å². The molecule has 0 unspecified atom stereocenters. The summed E-state index contributed by atoms with van der Waals surface area (Å²) in [5.41, 5.74) is 3.21. The normalized spacial score (nSPS) is 14.5. The van der Waals surface area contributed by atoms with Crippen LogP contribution in [-0.2, 0) is 16.1 Å². The number of ketones is 1. The molecule has 1 saturated heterocycles. The predicted molar refractivity (Wildman–Crippen MR) is 93.7 cm³/mol. The lowest BCUT2D eigenvalue weighted by molar-refractivity contribution is -0.142. The van der Waals surface area contributed by atoms with Crippen LogP contribution in [0.3, 0.4) is 0 Å². The first kappa shape index (κ1) is 17.6. The maximum Gasteiger partial charge on any atom is 0.334 e. The van der Waals surface area contributed by atoms with Crippen molar-refractivity contribution in [3.8, 4) is 0 Å². The van der Waals surface area contributed by atoms with E-state index in [1.54, 1.807) is 6.07 Å². The monoisotopic (exact) mass is 353 g/mol. The standard InChI is InChI=1S/C19H19N3O4/c1-12-9-15(13(2)21(12)10-14-7-5-4-6-8-14)16(23)11-22-18(25)17(24)20(3)19(22)26/h4-9H,10-11H2,1-3H3. The number of carbonyl (C=O) groups excluding carboxylic acids is 4. The van der Waals surface area contributed by atoms with Crippen molar-refractivity contribution in [2.45, 2.75) is 20.4 Å². The van der Waals surface area contributed by atoms with E-state index in [1.807, 2.05) is 48.7 Å². The van der Waals surface area contributed by atoms with Gasteiger partial charge in [-0.15, -0.1) is 0 Å².